The summed E-state index contributed by atoms with van der Waals surface area (Å²) in [5, 5.41) is 18.3. The number of carboxylic acid groups (broad SMARTS) is 1. The number of likely N-dealkylation sites (N-methyl/N-ethyl adjacent to an activating group) is 1. The van der Waals surface area contributed by atoms with E-state index in [1.807, 2.05) is 21.1 Å². The van der Waals surface area contributed by atoms with E-state index in [2.05, 4.69) is 4.84 Å². The number of methoxy groups -OCH3 is 1. The number of quaternary nitrogens is 1. The second-order valence-electron chi connectivity index (χ2n) is 6.78. The number of nitrogens with zero attached hydrogens (tertiary/aromatic N) is 2. The third-order valence-corrected chi connectivity index (χ3v) is 3.54. The zero-order chi connectivity index (χ0) is 21.4. The van der Waals surface area contributed by atoms with Crippen LogP contribution in [-0.2, 0) is 23.9 Å². The molecule has 0 amide bonds. The standard InChI is InChI=1S/C12H23N2O6.C2HF3O2/c1-14(2,3)5-6-19-12(15)9-7-10(18-4)11(8-9)20-13(16)17;3-2(4,5)1(6)7/h9-11H,5-8H2,1-4H3;(H,6,7)/q+1;/p-1/t9-,10+,11+;/m1./s1. The van der Waals surface area contributed by atoms with Gasteiger partial charge in [0.05, 0.1) is 33.2 Å². The van der Waals surface area contributed by atoms with Gasteiger partial charge in [-0.1, -0.05) is 0 Å². The summed E-state index contributed by atoms with van der Waals surface area (Å²) >= 11 is 0. The van der Waals surface area contributed by atoms with E-state index in [1.54, 1.807) is 0 Å². The first-order chi connectivity index (χ1) is 12.2. The highest BCUT2D eigenvalue weighted by molar-refractivity contribution is 5.73. The highest BCUT2D eigenvalue weighted by atomic mass is 19.4. The van der Waals surface area contributed by atoms with Crippen molar-refractivity contribution < 1.29 is 51.7 Å². The van der Waals surface area contributed by atoms with E-state index in [0.717, 1.165) is 0 Å². The smallest absolute Gasteiger partial charge is 0.430 e. The predicted molar refractivity (Wildman–Crippen MR) is 80.3 cm³/mol. The van der Waals surface area contributed by atoms with Crippen molar-refractivity contribution in [3.63, 3.8) is 0 Å². The fraction of sp³-hybridized carbons (Fsp3) is 0.857. The first kappa shape index (κ1) is 24.8. The third-order valence-electron chi connectivity index (χ3n) is 3.54. The molecular weight excluding hydrogens is 381 g/mol. The van der Waals surface area contributed by atoms with E-state index in [4.69, 9.17) is 19.4 Å². The summed E-state index contributed by atoms with van der Waals surface area (Å²) in [7, 11) is 7.47. The first-order valence-corrected chi connectivity index (χ1v) is 7.76. The molecular formula is C14H23F3N2O8. The molecule has 3 atom stereocenters. The number of hydrogen-bond acceptors (Lipinski definition) is 8. The first-order valence-electron chi connectivity index (χ1n) is 7.76. The van der Waals surface area contributed by atoms with Crippen LogP contribution in [-0.4, -0.2) is 81.3 Å². The molecule has 0 aliphatic heterocycles. The summed E-state index contributed by atoms with van der Waals surface area (Å²) in [6, 6.07) is 0. The number of alkyl halides is 3. The summed E-state index contributed by atoms with van der Waals surface area (Å²) in [4.78, 5) is 35.6. The number of carbonyl (C=O) groups is 2. The molecule has 1 fully saturated rings. The average Bonchev–Trinajstić information content (AvgIpc) is 2.87. The normalized spacial score (nSPS) is 22.4. The Bertz CT molecular complexity index is 521. The molecule has 0 unspecified atom stereocenters. The van der Waals surface area contributed by atoms with Gasteiger partial charge >= 0.3 is 12.1 Å². The number of aliphatic carboxylic acids is 1. The van der Waals surface area contributed by atoms with E-state index in [9.17, 15) is 28.1 Å². The second kappa shape index (κ2) is 10.3. The molecule has 13 heteroatoms. The van der Waals surface area contributed by atoms with Crippen LogP contribution in [0.5, 0.6) is 0 Å². The largest absolute Gasteiger partial charge is 0.542 e. The topological polar surface area (TPSA) is 128 Å². The number of esters is 1. The molecule has 0 spiro atoms. The SMILES string of the molecule is CO[C@H]1C[C@@H](C(=O)OCC[N+](C)(C)C)C[C@@H]1O[N+](=O)[O-].O=C([O-])C(F)(F)F. The Morgan fingerprint density at radius 2 is 1.67 bits per heavy atom. The summed E-state index contributed by atoms with van der Waals surface area (Å²) in [5.74, 6) is -3.75. The summed E-state index contributed by atoms with van der Waals surface area (Å²) in [6.45, 7) is 1.04. The monoisotopic (exact) mass is 404 g/mol. The molecule has 0 heterocycles. The van der Waals surface area contributed by atoms with Gasteiger partial charge in [0.25, 0.3) is 5.09 Å². The summed E-state index contributed by atoms with van der Waals surface area (Å²) in [6.07, 6.45) is -5.71. The quantitative estimate of drug-likeness (QED) is 0.241. The van der Waals surface area contributed by atoms with Crippen LogP contribution < -0.4 is 5.11 Å². The van der Waals surface area contributed by atoms with Crippen LogP contribution >= 0.6 is 0 Å². The molecule has 158 valence electrons. The van der Waals surface area contributed by atoms with Crippen molar-refractivity contribution in [1.29, 1.82) is 0 Å². The van der Waals surface area contributed by atoms with Crippen LogP contribution in [0.3, 0.4) is 0 Å². The number of ether oxygens (including phenoxy) is 2. The van der Waals surface area contributed by atoms with E-state index in [0.29, 0.717) is 24.1 Å². The van der Waals surface area contributed by atoms with Crippen molar-refractivity contribution in [2.45, 2.75) is 31.2 Å². The van der Waals surface area contributed by atoms with Crippen molar-refractivity contribution >= 4 is 11.9 Å². The van der Waals surface area contributed by atoms with Gasteiger partial charge in [0, 0.05) is 7.11 Å². The van der Waals surface area contributed by atoms with Gasteiger partial charge in [0.15, 0.2) is 0 Å². The molecule has 10 nitrogen and oxygen atoms in total. The molecule has 0 aromatic rings. The van der Waals surface area contributed by atoms with Gasteiger partial charge in [0.2, 0.25) is 0 Å². The van der Waals surface area contributed by atoms with Crippen LogP contribution in [0.25, 0.3) is 0 Å². The molecule has 27 heavy (non-hydrogen) atoms. The van der Waals surface area contributed by atoms with Gasteiger partial charge in [-0.2, -0.15) is 13.2 Å². The zero-order valence-corrected chi connectivity index (χ0v) is 15.4. The Morgan fingerprint density at radius 1 is 1.19 bits per heavy atom. The average molecular weight is 404 g/mol. The van der Waals surface area contributed by atoms with Gasteiger partial charge in [0.1, 0.15) is 25.2 Å². The lowest BCUT2D eigenvalue weighted by molar-refractivity contribution is -0.870. The van der Waals surface area contributed by atoms with Crippen molar-refractivity contribution in [3.8, 4) is 0 Å². The minimum atomic E-state index is -5.19. The van der Waals surface area contributed by atoms with Crippen LogP contribution in [0.15, 0.2) is 0 Å². The highest BCUT2D eigenvalue weighted by Gasteiger charge is 2.41. The molecule has 1 saturated carbocycles. The molecule has 0 bridgehead atoms. The minimum absolute atomic E-state index is 0.253. The lowest BCUT2D eigenvalue weighted by Gasteiger charge is -2.23. The van der Waals surface area contributed by atoms with E-state index in [1.165, 1.54) is 7.11 Å². The molecule has 1 aliphatic rings. The Morgan fingerprint density at radius 3 is 2.04 bits per heavy atom. The van der Waals surface area contributed by atoms with Gasteiger partial charge in [-0.05, 0) is 12.8 Å². The second-order valence-corrected chi connectivity index (χ2v) is 6.78. The number of hydrogen-bond donors (Lipinski definition) is 0. The predicted octanol–water partition coefficient (Wildman–Crippen LogP) is -0.464. The Balaban J connectivity index is 0.000000821. The molecule has 0 radical (unpaired) electrons. The maximum atomic E-state index is 11.9. The van der Waals surface area contributed by atoms with E-state index in [-0.39, 0.29) is 12.4 Å². The van der Waals surface area contributed by atoms with Crippen LogP contribution in [0.1, 0.15) is 12.8 Å². The molecule has 1 aliphatic carbocycles. The Hall–Kier alpha value is -2.15. The van der Waals surface area contributed by atoms with Crippen molar-refractivity contribution in [1.82, 2.24) is 0 Å². The van der Waals surface area contributed by atoms with Crippen LogP contribution in [0.2, 0.25) is 0 Å². The van der Waals surface area contributed by atoms with Gasteiger partial charge in [-0.25, -0.2) is 0 Å². The van der Waals surface area contributed by atoms with Crippen molar-refractivity contribution in [2.75, 3.05) is 41.4 Å². The fourth-order valence-electron chi connectivity index (χ4n) is 2.16. The zero-order valence-electron chi connectivity index (χ0n) is 15.4. The lowest BCUT2D eigenvalue weighted by atomic mass is 10.1. The number of halogens is 3. The number of carbonyl (C=O) groups excluding carboxylic acids is 2. The summed E-state index contributed by atoms with van der Waals surface area (Å²) < 4.78 is 42.6. The maximum absolute atomic E-state index is 11.9. The summed E-state index contributed by atoms with van der Waals surface area (Å²) in [5.41, 5.74) is 0. The Kier molecular flexibility index (Phi) is 9.44. The van der Waals surface area contributed by atoms with Crippen molar-refractivity contribution in [3.05, 3.63) is 10.1 Å². The van der Waals surface area contributed by atoms with Gasteiger partial charge in [-0.15, -0.1) is 10.1 Å². The van der Waals surface area contributed by atoms with Gasteiger partial charge in [-0.3, -0.25) is 4.79 Å². The van der Waals surface area contributed by atoms with E-state index >= 15 is 0 Å². The molecule has 1 rings (SSSR count). The van der Waals surface area contributed by atoms with Crippen LogP contribution in [0.4, 0.5) is 13.2 Å². The fourth-order valence-corrected chi connectivity index (χ4v) is 2.16. The lowest BCUT2D eigenvalue weighted by Crippen LogP contribution is -2.38. The minimum Gasteiger partial charge on any atom is -0.542 e. The van der Waals surface area contributed by atoms with Crippen molar-refractivity contribution in [2.24, 2.45) is 5.92 Å². The number of carboxylic acids is 1. The molecule has 0 N–H and O–H groups in total. The molecule has 0 aromatic heterocycles. The maximum Gasteiger partial charge on any atom is 0.430 e. The van der Waals surface area contributed by atoms with Crippen LogP contribution in [0, 0.1) is 16.0 Å². The number of rotatable bonds is 7. The van der Waals surface area contributed by atoms with E-state index < -0.39 is 35.4 Å². The molecule has 0 aromatic carbocycles. The Labute approximate surface area is 153 Å². The third kappa shape index (κ3) is 10.6. The highest BCUT2D eigenvalue weighted by Crippen LogP contribution is 2.31. The van der Waals surface area contributed by atoms with Gasteiger partial charge < -0.3 is 28.7 Å². The molecule has 0 saturated heterocycles.